The highest BCUT2D eigenvalue weighted by molar-refractivity contribution is 8.18. The first kappa shape index (κ1) is 22.4. The summed E-state index contributed by atoms with van der Waals surface area (Å²) in [5.41, 5.74) is 3.38. The van der Waals surface area contributed by atoms with Gasteiger partial charge in [0.25, 0.3) is 11.1 Å². The van der Waals surface area contributed by atoms with Gasteiger partial charge in [-0.1, -0.05) is 60.7 Å². The number of rotatable bonds is 7. The molecule has 0 aromatic heterocycles. The quantitative estimate of drug-likeness (QED) is 0.490. The number of carbonyl (C=O) groups excluding carboxylic acids is 3. The summed E-state index contributed by atoms with van der Waals surface area (Å²) >= 11 is 0.827. The van der Waals surface area contributed by atoms with Crippen LogP contribution in [-0.4, -0.2) is 28.5 Å². The molecule has 1 N–H and O–H groups in total. The summed E-state index contributed by atoms with van der Waals surface area (Å²) in [4.78, 5) is 38.7. The second kappa shape index (κ2) is 10.2. The normalized spacial score (nSPS) is 14.6. The predicted octanol–water partition coefficient (Wildman–Crippen LogP) is 5.25. The largest absolute Gasteiger partial charge is 0.489 e. The van der Waals surface area contributed by atoms with Crippen LogP contribution in [0.5, 0.6) is 5.75 Å². The van der Waals surface area contributed by atoms with Crippen LogP contribution in [0.3, 0.4) is 0 Å². The molecule has 7 heteroatoms. The molecule has 1 heterocycles. The van der Waals surface area contributed by atoms with Crippen molar-refractivity contribution in [1.82, 2.24) is 4.90 Å². The van der Waals surface area contributed by atoms with Crippen LogP contribution >= 0.6 is 11.8 Å². The number of hydrogen-bond donors (Lipinski definition) is 1. The van der Waals surface area contributed by atoms with Crippen LogP contribution in [0.1, 0.15) is 16.7 Å². The van der Waals surface area contributed by atoms with E-state index >= 15 is 0 Å². The van der Waals surface area contributed by atoms with Crippen molar-refractivity contribution in [2.75, 3.05) is 11.9 Å². The molecule has 0 radical (unpaired) electrons. The van der Waals surface area contributed by atoms with Crippen molar-refractivity contribution in [2.24, 2.45) is 0 Å². The van der Waals surface area contributed by atoms with E-state index in [-0.39, 0.29) is 11.4 Å². The summed E-state index contributed by atoms with van der Waals surface area (Å²) in [5, 5.41) is 2.28. The average Bonchev–Trinajstić information content (AvgIpc) is 3.08. The Hall–Kier alpha value is -3.84. The topological polar surface area (TPSA) is 75.7 Å². The molecule has 1 saturated heterocycles. The van der Waals surface area contributed by atoms with Crippen LogP contribution in [0.15, 0.2) is 83.8 Å². The molecule has 3 aromatic carbocycles. The van der Waals surface area contributed by atoms with Crippen molar-refractivity contribution in [3.63, 3.8) is 0 Å². The maximum atomic E-state index is 12.7. The molecule has 1 fully saturated rings. The second-order valence-corrected chi connectivity index (χ2v) is 8.47. The Bertz CT molecular complexity index is 1210. The van der Waals surface area contributed by atoms with Gasteiger partial charge in [0.1, 0.15) is 18.9 Å². The molecule has 1 aliphatic heterocycles. The highest BCUT2D eigenvalue weighted by Crippen LogP contribution is 2.32. The third-order valence-corrected chi connectivity index (χ3v) is 5.93. The maximum absolute atomic E-state index is 12.7. The zero-order valence-electron chi connectivity index (χ0n) is 18.0. The Kier molecular flexibility index (Phi) is 6.90. The van der Waals surface area contributed by atoms with Gasteiger partial charge in [-0.2, -0.15) is 0 Å². The molecule has 0 spiro atoms. The minimum Gasteiger partial charge on any atom is -0.489 e. The van der Waals surface area contributed by atoms with Crippen molar-refractivity contribution < 1.29 is 19.1 Å². The summed E-state index contributed by atoms with van der Waals surface area (Å²) < 4.78 is 5.77. The Morgan fingerprint density at radius 1 is 0.970 bits per heavy atom. The van der Waals surface area contributed by atoms with E-state index in [1.165, 1.54) is 0 Å². The molecule has 4 rings (SSSR count). The van der Waals surface area contributed by atoms with Crippen molar-refractivity contribution >= 4 is 40.6 Å². The minimum absolute atomic E-state index is 0.279. The fourth-order valence-electron chi connectivity index (χ4n) is 3.24. The summed E-state index contributed by atoms with van der Waals surface area (Å²) in [6.07, 6.45) is 1.64. The number of hydrogen-bond acceptors (Lipinski definition) is 5. The summed E-state index contributed by atoms with van der Waals surface area (Å²) in [7, 11) is 0. The molecule has 6 nitrogen and oxygen atoms in total. The third kappa shape index (κ3) is 5.70. The molecular weight excluding hydrogens is 436 g/mol. The molecule has 0 unspecified atom stereocenters. The zero-order chi connectivity index (χ0) is 23.2. The summed E-state index contributed by atoms with van der Waals surface area (Å²) in [5.74, 6) is -0.195. The standard InChI is InChI=1S/C26H22N2O4S/c1-18-7-5-6-10-22(18)27-24(29)16-28-25(30)23(33-26(28)31)15-19-11-13-21(14-12-19)32-17-20-8-3-2-4-9-20/h2-15H,16-17H2,1H3,(H,27,29)/b23-15+. The van der Waals surface area contributed by atoms with E-state index in [9.17, 15) is 14.4 Å². The van der Waals surface area contributed by atoms with Crippen LogP contribution in [0.4, 0.5) is 10.5 Å². The van der Waals surface area contributed by atoms with Crippen molar-refractivity contribution in [3.05, 3.63) is 100 Å². The van der Waals surface area contributed by atoms with Crippen LogP contribution in [-0.2, 0) is 16.2 Å². The summed E-state index contributed by atoms with van der Waals surface area (Å²) in [6, 6.07) is 24.4. The average molecular weight is 459 g/mol. The van der Waals surface area contributed by atoms with Gasteiger partial charge in [0.05, 0.1) is 4.91 Å². The van der Waals surface area contributed by atoms with Gasteiger partial charge >= 0.3 is 0 Å². The molecular formula is C26H22N2O4S. The number of benzene rings is 3. The first-order chi connectivity index (χ1) is 16.0. The van der Waals surface area contributed by atoms with E-state index in [1.807, 2.05) is 79.7 Å². The molecule has 0 bridgehead atoms. The van der Waals surface area contributed by atoms with Crippen LogP contribution < -0.4 is 10.1 Å². The highest BCUT2D eigenvalue weighted by atomic mass is 32.2. The van der Waals surface area contributed by atoms with Gasteiger partial charge < -0.3 is 10.1 Å². The lowest BCUT2D eigenvalue weighted by atomic mass is 10.2. The predicted molar refractivity (Wildman–Crippen MR) is 130 cm³/mol. The number of amides is 3. The van der Waals surface area contributed by atoms with Crippen molar-refractivity contribution in [1.29, 1.82) is 0 Å². The fraction of sp³-hybridized carbons (Fsp3) is 0.115. The molecule has 0 saturated carbocycles. The molecule has 0 atom stereocenters. The maximum Gasteiger partial charge on any atom is 0.294 e. The third-order valence-electron chi connectivity index (χ3n) is 5.02. The van der Waals surface area contributed by atoms with E-state index < -0.39 is 17.1 Å². The lowest BCUT2D eigenvalue weighted by molar-refractivity contribution is -0.127. The monoisotopic (exact) mass is 458 g/mol. The summed E-state index contributed by atoms with van der Waals surface area (Å²) in [6.45, 7) is 2.00. The molecule has 1 aliphatic rings. The SMILES string of the molecule is Cc1ccccc1NC(=O)CN1C(=O)S/C(=C/c2ccc(OCc3ccccc3)cc2)C1=O. The minimum atomic E-state index is -0.477. The lowest BCUT2D eigenvalue weighted by Crippen LogP contribution is -2.36. The molecule has 0 aliphatic carbocycles. The number of thioether (sulfide) groups is 1. The molecule has 166 valence electrons. The van der Waals surface area contributed by atoms with Gasteiger partial charge in [0.15, 0.2) is 0 Å². The van der Waals surface area contributed by atoms with Gasteiger partial charge in [-0.05, 0) is 59.7 Å². The van der Waals surface area contributed by atoms with E-state index in [0.29, 0.717) is 18.0 Å². The van der Waals surface area contributed by atoms with Gasteiger partial charge in [-0.3, -0.25) is 19.3 Å². The van der Waals surface area contributed by atoms with Crippen molar-refractivity contribution in [2.45, 2.75) is 13.5 Å². The molecule has 3 aromatic rings. The molecule has 33 heavy (non-hydrogen) atoms. The van der Waals surface area contributed by atoms with Gasteiger partial charge in [0.2, 0.25) is 5.91 Å². The Labute approximate surface area is 196 Å². The highest BCUT2D eigenvalue weighted by Gasteiger charge is 2.36. The van der Waals surface area contributed by atoms with Crippen LogP contribution in [0.2, 0.25) is 0 Å². The van der Waals surface area contributed by atoms with Gasteiger partial charge in [-0.15, -0.1) is 0 Å². The van der Waals surface area contributed by atoms with Crippen LogP contribution in [0.25, 0.3) is 6.08 Å². The van der Waals surface area contributed by atoms with Gasteiger partial charge in [-0.25, -0.2) is 0 Å². The smallest absolute Gasteiger partial charge is 0.294 e. The number of imide groups is 1. The number of ether oxygens (including phenoxy) is 1. The number of nitrogens with zero attached hydrogens (tertiary/aromatic N) is 1. The number of para-hydroxylation sites is 1. The number of aryl methyl sites for hydroxylation is 1. The van der Waals surface area contributed by atoms with E-state index in [2.05, 4.69) is 5.32 Å². The first-order valence-electron chi connectivity index (χ1n) is 10.4. The Morgan fingerprint density at radius 3 is 2.39 bits per heavy atom. The Morgan fingerprint density at radius 2 is 1.67 bits per heavy atom. The van der Waals surface area contributed by atoms with Crippen LogP contribution in [0, 0.1) is 6.92 Å². The van der Waals surface area contributed by atoms with Crippen molar-refractivity contribution in [3.8, 4) is 5.75 Å². The number of nitrogens with one attached hydrogen (secondary N) is 1. The van der Waals surface area contributed by atoms with E-state index in [0.717, 1.165) is 33.4 Å². The lowest BCUT2D eigenvalue weighted by Gasteiger charge is -2.13. The molecule has 3 amide bonds. The van der Waals surface area contributed by atoms with Gasteiger partial charge in [0, 0.05) is 5.69 Å². The zero-order valence-corrected chi connectivity index (χ0v) is 18.8. The second-order valence-electron chi connectivity index (χ2n) is 7.47. The number of carbonyl (C=O) groups is 3. The Balaban J connectivity index is 1.37. The number of anilines is 1. The first-order valence-corrected chi connectivity index (χ1v) is 11.2. The van der Waals surface area contributed by atoms with E-state index in [1.54, 1.807) is 12.1 Å². The van der Waals surface area contributed by atoms with E-state index in [4.69, 9.17) is 4.74 Å². The fourth-order valence-corrected chi connectivity index (χ4v) is 4.07.